The van der Waals surface area contributed by atoms with Gasteiger partial charge in [-0.3, -0.25) is 9.98 Å². The van der Waals surface area contributed by atoms with Crippen LogP contribution in [0.5, 0.6) is 23.0 Å². The molecule has 4 aromatic carbocycles. The van der Waals surface area contributed by atoms with E-state index < -0.39 is 0 Å². The number of phenolic OH excluding ortho intramolecular Hbond substituents is 2. The van der Waals surface area contributed by atoms with Crippen LogP contribution in [0.4, 0.5) is 11.4 Å². The van der Waals surface area contributed by atoms with Crippen molar-refractivity contribution < 1.29 is 19.7 Å². The fourth-order valence-corrected chi connectivity index (χ4v) is 5.50. The molecule has 0 aromatic heterocycles. The SMILES string of the molecule is COc1cccc(C=Nc2ccccc2SSc2ccccc2N=Cc2cccc(OC)c2O)c1O. The summed E-state index contributed by atoms with van der Waals surface area (Å²) in [6.45, 7) is 0. The van der Waals surface area contributed by atoms with E-state index in [-0.39, 0.29) is 11.5 Å². The summed E-state index contributed by atoms with van der Waals surface area (Å²) in [5.41, 5.74) is 2.70. The minimum atomic E-state index is 0.0529. The summed E-state index contributed by atoms with van der Waals surface area (Å²) < 4.78 is 10.4. The lowest BCUT2D eigenvalue weighted by Crippen LogP contribution is -1.88. The van der Waals surface area contributed by atoms with Gasteiger partial charge in [0.15, 0.2) is 23.0 Å². The number of aromatic hydroxyl groups is 2. The smallest absolute Gasteiger partial charge is 0.166 e. The molecule has 0 saturated heterocycles. The van der Waals surface area contributed by atoms with E-state index in [4.69, 9.17) is 9.47 Å². The summed E-state index contributed by atoms with van der Waals surface area (Å²) in [5, 5.41) is 20.7. The number of ether oxygens (including phenoxy) is 2. The van der Waals surface area contributed by atoms with E-state index in [0.717, 1.165) is 21.2 Å². The van der Waals surface area contributed by atoms with Gasteiger partial charge in [0.2, 0.25) is 0 Å². The minimum absolute atomic E-state index is 0.0529. The molecule has 0 unspecified atom stereocenters. The molecule has 0 heterocycles. The second-order valence-corrected chi connectivity index (χ2v) is 9.63. The van der Waals surface area contributed by atoms with Crippen LogP contribution in [0.2, 0.25) is 0 Å². The van der Waals surface area contributed by atoms with Gasteiger partial charge in [-0.05, 0) is 48.5 Å². The number of rotatable bonds is 9. The average Bonchev–Trinajstić information content (AvgIpc) is 2.91. The number of hydrogen-bond acceptors (Lipinski definition) is 8. The Morgan fingerprint density at radius 3 is 1.42 bits per heavy atom. The van der Waals surface area contributed by atoms with Gasteiger partial charge in [-0.15, -0.1) is 0 Å². The minimum Gasteiger partial charge on any atom is -0.504 e. The highest BCUT2D eigenvalue weighted by Gasteiger charge is 2.09. The van der Waals surface area contributed by atoms with E-state index >= 15 is 0 Å². The summed E-state index contributed by atoms with van der Waals surface area (Å²) in [4.78, 5) is 11.1. The van der Waals surface area contributed by atoms with E-state index in [1.807, 2.05) is 48.5 Å². The molecule has 182 valence electrons. The van der Waals surface area contributed by atoms with Gasteiger partial charge in [-0.2, -0.15) is 0 Å². The van der Waals surface area contributed by atoms with E-state index in [9.17, 15) is 10.2 Å². The predicted octanol–water partition coefficient (Wildman–Crippen LogP) is 7.42. The Morgan fingerprint density at radius 1 is 0.583 bits per heavy atom. The first-order valence-corrected chi connectivity index (χ1v) is 13.1. The molecule has 0 aliphatic rings. The summed E-state index contributed by atoms with van der Waals surface area (Å²) in [6, 6.07) is 26.2. The third-order valence-corrected chi connectivity index (χ3v) is 7.60. The molecule has 0 bridgehead atoms. The highest BCUT2D eigenvalue weighted by Crippen LogP contribution is 2.45. The first-order chi connectivity index (χ1) is 17.6. The van der Waals surface area contributed by atoms with E-state index in [1.165, 1.54) is 14.2 Å². The highest BCUT2D eigenvalue weighted by atomic mass is 33.1. The lowest BCUT2D eigenvalue weighted by molar-refractivity contribution is 0.373. The molecule has 2 N–H and O–H groups in total. The molecule has 0 aliphatic carbocycles. The Morgan fingerprint density at radius 2 is 1.00 bits per heavy atom. The van der Waals surface area contributed by atoms with Gasteiger partial charge in [-0.25, -0.2) is 0 Å². The van der Waals surface area contributed by atoms with E-state index in [2.05, 4.69) is 9.98 Å². The Labute approximate surface area is 217 Å². The molecule has 8 heteroatoms. The monoisotopic (exact) mass is 516 g/mol. The van der Waals surface area contributed by atoms with Crippen LogP contribution in [0.25, 0.3) is 0 Å². The second-order valence-electron chi connectivity index (χ2n) is 7.41. The molecule has 36 heavy (non-hydrogen) atoms. The molecule has 0 spiro atoms. The number of phenols is 2. The average molecular weight is 517 g/mol. The largest absolute Gasteiger partial charge is 0.504 e. The number of para-hydroxylation sites is 4. The lowest BCUT2D eigenvalue weighted by atomic mass is 10.2. The van der Waals surface area contributed by atoms with Crippen LogP contribution in [0, 0.1) is 0 Å². The molecule has 0 radical (unpaired) electrons. The lowest BCUT2D eigenvalue weighted by Gasteiger charge is -2.08. The van der Waals surface area contributed by atoms with Gasteiger partial charge in [0.25, 0.3) is 0 Å². The normalized spacial score (nSPS) is 11.3. The van der Waals surface area contributed by atoms with Crippen LogP contribution in [0.15, 0.2) is 105 Å². The quantitative estimate of drug-likeness (QED) is 0.178. The summed E-state index contributed by atoms with van der Waals surface area (Å²) in [7, 11) is 6.16. The zero-order chi connectivity index (χ0) is 25.3. The van der Waals surface area contributed by atoms with Crippen LogP contribution in [-0.2, 0) is 0 Å². The molecule has 6 nitrogen and oxygen atoms in total. The van der Waals surface area contributed by atoms with Crippen LogP contribution in [-0.4, -0.2) is 36.9 Å². The maximum atomic E-state index is 10.3. The Bertz CT molecular complexity index is 1300. The van der Waals surface area contributed by atoms with Crippen molar-refractivity contribution in [3.05, 3.63) is 96.1 Å². The van der Waals surface area contributed by atoms with Crippen molar-refractivity contribution >= 4 is 45.4 Å². The summed E-state index contributed by atoms with van der Waals surface area (Å²) >= 11 is 0. The first kappa shape index (κ1) is 25.2. The van der Waals surface area contributed by atoms with Gasteiger partial charge in [0.1, 0.15) is 0 Å². The van der Waals surface area contributed by atoms with Crippen LogP contribution in [0.1, 0.15) is 11.1 Å². The summed E-state index contributed by atoms with van der Waals surface area (Å²) in [6.07, 6.45) is 3.25. The van der Waals surface area contributed by atoms with Crippen molar-refractivity contribution in [2.24, 2.45) is 9.98 Å². The number of hydrogen-bond donors (Lipinski definition) is 2. The number of benzene rings is 4. The molecule has 4 rings (SSSR count). The molecule has 0 aliphatic heterocycles. The molecule has 0 amide bonds. The van der Waals surface area contributed by atoms with E-state index in [1.54, 1.807) is 70.4 Å². The van der Waals surface area contributed by atoms with Crippen LogP contribution >= 0.6 is 21.6 Å². The van der Waals surface area contributed by atoms with Crippen molar-refractivity contribution in [3.8, 4) is 23.0 Å². The highest BCUT2D eigenvalue weighted by molar-refractivity contribution is 8.76. The number of nitrogens with zero attached hydrogens (tertiary/aromatic N) is 2. The summed E-state index contributed by atoms with van der Waals surface area (Å²) in [5.74, 6) is 0.905. The predicted molar refractivity (Wildman–Crippen MR) is 148 cm³/mol. The van der Waals surface area contributed by atoms with Crippen molar-refractivity contribution in [2.75, 3.05) is 14.2 Å². The molecule has 0 fully saturated rings. The maximum Gasteiger partial charge on any atom is 0.166 e. The zero-order valence-electron chi connectivity index (χ0n) is 19.7. The van der Waals surface area contributed by atoms with Gasteiger partial charge in [-0.1, -0.05) is 58.0 Å². The topological polar surface area (TPSA) is 83.6 Å². The molecule has 0 saturated carbocycles. The molecule has 0 atom stereocenters. The zero-order valence-corrected chi connectivity index (χ0v) is 21.3. The number of methoxy groups -OCH3 is 2. The van der Waals surface area contributed by atoms with Gasteiger partial charge < -0.3 is 19.7 Å². The third kappa shape index (κ3) is 6.02. The number of aliphatic imine (C=N–C) groups is 2. The molecular formula is C28H24N2O4S2. The van der Waals surface area contributed by atoms with Crippen LogP contribution < -0.4 is 9.47 Å². The van der Waals surface area contributed by atoms with Crippen LogP contribution in [0.3, 0.4) is 0 Å². The van der Waals surface area contributed by atoms with Crippen molar-refractivity contribution in [3.63, 3.8) is 0 Å². The first-order valence-electron chi connectivity index (χ1n) is 10.9. The molecule has 4 aromatic rings. The Hall–Kier alpha value is -3.88. The second kappa shape index (κ2) is 12.2. The van der Waals surface area contributed by atoms with Gasteiger partial charge in [0.05, 0.1) is 25.6 Å². The fourth-order valence-electron chi connectivity index (χ4n) is 3.25. The van der Waals surface area contributed by atoms with Gasteiger partial charge >= 0.3 is 0 Å². The fraction of sp³-hybridized carbons (Fsp3) is 0.0714. The van der Waals surface area contributed by atoms with E-state index in [0.29, 0.717) is 22.6 Å². The Kier molecular flexibility index (Phi) is 8.54. The molecular weight excluding hydrogens is 492 g/mol. The third-order valence-electron chi connectivity index (χ3n) is 5.14. The van der Waals surface area contributed by atoms with Crippen molar-refractivity contribution in [1.29, 1.82) is 0 Å². The standard InChI is InChI=1S/C28H24N2O4S2/c1-33-23-13-7-9-19(27(23)31)17-29-21-11-3-5-15-25(21)35-36-26-16-6-4-12-22(26)30-18-20-10-8-14-24(34-2)28(20)32/h3-18,31-32H,1-2H3. The van der Waals surface area contributed by atoms with Crippen molar-refractivity contribution in [2.45, 2.75) is 9.79 Å². The maximum absolute atomic E-state index is 10.3. The van der Waals surface area contributed by atoms with Gasteiger partial charge in [0, 0.05) is 33.3 Å². The Balaban J connectivity index is 1.53. The van der Waals surface area contributed by atoms with Crippen molar-refractivity contribution in [1.82, 2.24) is 0 Å².